The van der Waals surface area contributed by atoms with Crippen molar-refractivity contribution < 1.29 is 9.84 Å². The van der Waals surface area contributed by atoms with Gasteiger partial charge in [0.15, 0.2) is 12.0 Å². The summed E-state index contributed by atoms with van der Waals surface area (Å²) in [6.07, 6.45) is -0.439. The summed E-state index contributed by atoms with van der Waals surface area (Å²) in [5.74, 6) is 0. The van der Waals surface area contributed by atoms with Crippen molar-refractivity contribution in [3.63, 3.8) is 0 Å². The van der Waals surface area contributed by atoms with Gasteiger partial charge in [0, 0.05) is 27.8 Å². The molecule has 2 unspecified atom stereocenters. The molecule has 0 spiro atoms. The van der Waals surface area contributed by atoms with Crippen LogP contribution < -0.4 is 5.56 Å². The van der Waals surface area contributed by atoms with E-state index in [0.717, 1.165) is 27.4 Å². The smallest absolute Gasteiger partial charge is 0.301 e. The minimum absolute atomic E-state index is 0.174. The van der Waals surface area contributed by atoms with Gasteiger partial charge in [-0.05, 0) is 6.92 Å². The number of ether oxygens (including phenoxy) is 1. The number of hydrogen-bond donors (Lipinski definition) is 2. The van der Waals surface area contributed by atoms with Gasteiger partial charge in [0.25, 0.3) is 0 Å². The summed E-state index contributed by atoms with van der Waals surface area (Å²) in [6, 6.07) is 19.3. The fraction of sp³-hybridized carbons (Fsp3) is 0.160. The predicted molar refractivity (Wildman–Crippen MR) is 139 cm³/mol. The number of rotatable bonds is 7. The van der Waals surface area contributed by atoms with Gasteiger partial charge in [-0.25, -0.2) is 9.97 Å². The zero-order chi connectivity index (χ0) is 24.6. The van der Waals surface area contributed by atoms with Crippen molar-refractivity contribution >= 4 is 33.5 Å². The van der Waals surface area contributed by atoms with Gasteiger partial charge < -0.3 is 9.84 Å². The van der Waals surface area contributed by atoms with E-state index in [2.05, 4.69) is 25.3 Å². The molecule has 9 nitrogen and oxygen atoms in total. The molecule has 0 aliphatic carbocycles. The fourth-order valence-corrected chi connectivity index (χ4v) is 5.33. The number of aryl methyl sites for hydroxylation is 1. The van der Waals surface area contributed by atoms with Crippen molar-refractivity contribution in [1.82, 2.24) is 19.7 Å². The lowest BCUT2D eigenvalue weighted by molar-refractivity contribution is 0.156. The standard InChI is InChI=1S/C25H20N6O3S2/c1-14-17(12-19-23(33)34-19)26-24(36-14)29-28-21-20(16-10-6-3-7-11-16)30-31(22(21)32)25-27-18(13-35-25)15-8-4-2-5-9-15/h2-11,13,19,23,30,33H,12H2,1H3. The highest BCUT2D eigenvalue weighted by Gasteiger charge is 2.37. The maximum Gasteiger partial charge on any atom is 0.301 e. The van der Waals surface area contributed by atoms with Crippen LogP contribution in [0.2, 0.25) is 0 Å². The van der Waals surface area contributed by atoms with Crippen molar-refractivity contribution in [1.29, 1.82) is 0 Å². The van der Waals surface area contributed by atoms with Crippen LogP contribution >= 0.6 is 22.7 Å². The molecule has 5 aromatic rings. The molecule has 2 atom stereocenters. The van der Waals surface area contributed by atoms with E-state index >= 15 is 0 Å². The fourth-order valence-electron chi connectivity index (χ4n) is 3.78. The van der Waals surface area contributed by atoms with Crippen LogP contribution in [0.1, 0.15) is 10.6 Å². The lowest BCUT2D eigenvalue weighted by atomic mass is 10.1. The Balaban J connectivity index is 1.37. The molecule has 11 heteroatoms. The summed E-state index contributed by atoms with van der Waals surface area (Å²) in [5, 5.41) is 24.1. The molecular weight excluding hydrogens is 496 g/mol. The SMILES string of the molecule is Cc1sc(N=Nc2c(-c3ccccc3)[nH]n(-c3nc(-c4ccccc4)cs3)c2=O)nc1CC1OC1O. The molecule has 0 amide bonds. The number of aliphatic hydroxyl groups excluding tert-OH is 1. The molecule has 2 aromatic carbocycles. The Hall–Kier alpha value is -3.77. The van der Waals surface area contributed by atoms with Crippen molar-refractivity contribution in [2.45, 2.75) is 25.7 Å². The van der Waals surface area contributed by atoms with E-state index in [-0.39, 0.29) is 17.4 Å². The van der Waals surface area contributed by atoms with Gasteiger partial charge in [-0.3, -0.25) is 9.89 Å². The van der Waals surface area contributed by atoms with E-state index < -0.39 is 6.29 Å². The van der Waals surface area contributed by atoms with E-state index in [9.17, 15) is 9.90 Å². The summed E-state index contributed by atoms with van der Waals surface area (Å²) >= 11 is 2.74. The molecule has 4 heterocycles. The average Bonchev–Trinajstić information content (AvgIpc) is 3.23. The van der Waals surface area contributed by atoms with Crippen molar-refractivity contribution in [3.05, 3.63) is 87.0 Å². The van der Waals surface area contributed by atoms with Crippen molar-refractivity contribution in [2.24, 2.45) is 10.2 Å². The second-order valence-corrected chi connectivity index (χ2v) is 10.2. The Morgan fingerprint density at radius 2 is 1.75 bits per heavy atom. The number of azo groups is 1. The van der Waals surface area contributed by atoms with Crippen LogP contribution in [0.25, 0.3) is 27.6 Å². The summed E-state index contributed by atoms with van der Waals surface area (Å²) in [6.45, 7) is 1.94. The van der Waals surface area contributed by atoms with Gasteiger partial charge in [0.1, 0.15) is 6.10 Å². The summed E-state index contributed by atoms with van der Waals surface area (Å²) < 4.78 is 6.48. The Bertz CT molecular complexity index is 1600. The normalized spacial score (nSPS) is 17.2. The van der Waals surface area contributed by atoms with Gasteiger partial charge in [-0.15, -0.1) is 21.6 Å². The Morgan fingerprint density at radius 1 is 1.06 bits per heavy atom. The monoisotopic (exact) mass is 516 g/mol. The summed E-state index contributed by atoms with van der Waals surface area (Å²) in [7, 11) is 0. The minimum atomic E-state index is -0.726. The lowest BCUT2D eigenvalue weighted by Gasteiger charge is -1.99. The van der Waals surface area contributed by atoms with Gasteiger partial charge in [0.2, 0.25) is 10.3 Å². The van der Waals surface area contributed by atoms with E-state index in [1.807, 2.05) is 73.0 Å². The number of aromatic amines is 1. The maximum absolute atomic E-state index is 13.5. The average molecular weight is 517 g/mol. The van der Waals surface area contributed by atoms with Gasteiger partial charge in [-0.1, -0.05) is 72.0 Å². The topological polar surface area (TPSA) is 121 Å². The zero-order valence-corrected chi connectivity index (χ0v) is 20.7. The molecule has 1 fully saturated rings. The molecule has 1 aliphatic rings. The first kappa shape index (κ1) is 22.7. The quantitative estimate of drug-likeness (QED) is 0.222. The molecule has 3 aromatic heterocycles. The third-order valence-electron chi connectivity index (χ3n) is 5.75. The van der Waals surface area contributed by atoms with Gasteiger partial charge >= 0.3 is 5.56 Å². The van der Waals surface area contributed by atoms with E-state index in [1.165, 1.54) is 27.4 Å². The number of nitrogens with zero attached hydrogens (tertiary/aromatic N) is 5. The highest BCUT2D eigenvalue weighted by molar-refractivity contribution is 7.15. The van der Waals surface area contributed by atoms with Crippen molar-refractivity contribution in [2.75, 3.05) is 0 Å². The number of hydrogen-bond acceptors (Lipinski definition) is 9. The number of benzene rings is 2. The highest BCUT2D eigenvalue weighted by Crippen LogP contribution is 2.33. The lowest BCUT2D eigenvalue weighted by Crippen LogP contribution is -2.13. The molecule has 6 rings (SSSR count). The number of thiazole rings is 2. The number of aliphatic hydroxyl groups is 1. The number of aromatic nitrogens is 4. The van der Waals surface area contributed by atoms with Crippen LogP contribution in [-0.4, -0.2) is 37.2 Å². The third kappa shape index (κ3) is 4.44. The second-order valence-electron chi connectivity index (χ2n) is 8.19. The summed E-state index contributed by atoms with van der Waals surface area (Å²) in [5.41, 5.74) is 3.74. The molecule has 36 heavy (non-hydrogen) atoms. The highest BCUT2D eigenvalue weighted by atomic mass is 32.1. The zero-order valence-electron chi connectivity index (χ0n) is 19.0. The van der Waals surface area contributed by atoms with Crippen LogP contribution in [0.3, 0.4) is 0 Å². The summed E-state index contributed by atoms with van der Waals surface area (Å²) in [4.78, 5) is 23.6. The Morgan fingerprint density at radius 3 is 2.44 bits per heavy atom. The molecule has 1 aliphatic heterocycles. The van der Waals surface area contributed by atoms with Crippen LogP contribution in [-0.2, 0) is 11.2 Å². The van der Waals surface area contributed by atoms with Crippen LogP contribution in [0.5, 0.6) is 0 Å². The first-order valence-electron chi connectivity index (χ1n) is 11.2. The third-order valence-corrected chi connectivity index (χ3v) is 7.47. The number of nitrogens with one attached hydrogen (secondary N) is 1. The molecular formula is C25H20N6O3S2. The molecule has 0 bridgehead atoms. The second kappa shape index (κ2) is 9.36. The molecule has 0 saturated carbocycles. The predicted octanol–water partition coefficient (Wildman–Crippen LogP) is 5.40. The first-order chi connectivity index (χ1) is 17.6. The van der Waals surface area contributed by atoms with E-state index in [4.69, 9.17) is 4.74 Å². The Labute approximate surface area is 213 Å². The largest absolute Gasteiger partial charge is 0.366 e. The van der Waals surface area contributed by atoms with Crippen molar-refractivity contribution in [3.8, 4) is 27.6 Å². The van der Waals surface area contributed by atoms with Gasteiger partial charge in [-0.2, -0.15) is 4.68 Å². The number of H-pyrrole nitrogens is 1. The minimum Gasteiger partial charge on any atom is -0.366 e. The van der Waals surface area contributed by atoms with Crippen LogP contribution in [0, 0.1) is 6.92 Å². The first-order valence-corrected chi connectivity index (χ1v) is 12.9. The maximum atomic E-state index is 13.5. The van der Waals surface area contributed by atoms with E-state index in [0.29, 0.717) is 22.4 Å². The molecule has 1 saturated heterocycles. The molecule has 2 N–H and O–H groups in total. The van der Waals surface area contributed by atoms with E-state index in [1.54, 1.807) is 0 Å². The molecule has 180 valence electrons. The van der Waals surface area contributed by atoms with Gasteiger partial charge in [0.05, 0.1) is 17.1 Å². The molecule has 0 radical (unpaired) electrons. The van der Waals surface area contributed by atoms with Crippen LogP contribution in [0.15, 0.2) is 81.1 Å². The Kier molecular flexibility index (Phi) is 5.89. The van der Waals surface area contributed by atoms with Crippen LogP contribution in [0.4, 0.5) is 10.8 Å². The number of epoxide rings is 1.